The Morgan fingerprint density at radius 2 is 2.29 bits per heavy atom. The maximum Gasteiger partial charge on any atom is 0.306 e. The normalized spacial score (nSPS) is 28.9. The Kier molecular flexibility index (Phi) is 3.59. The zero-order chi connectivity index (χ0) is 12.4. The van der Waals surface area contributed by atoms with Gasteiger partial charge in [-0.15, -0.1) is 11.3 Å². The fraction of sp³-hybridized carbons (Fsp3) is 0.500. The van der Waals surface area contributed by atoms with Crippen molar-refractivity contribution >= 4 is 23.6 Å². The molecule has 3 unspecified atom stereocenters. The molecule has 0 aliphatic carbocycles. The van der Waals surface area contributed by atoms with E-state index in [1.165, 1.54) is 11.3 Å². The monoisotopic (exact) mass is 253 g/mol. The molecule has 5 heteroatoms. The molecule has 2 rings (SSSR count). The molecule has 1 saturated heterocycles. The molecule has 0 amide bonds. The van der Waals surface area contributed by atoms with Crippen LogP contribution in [0.4, 0.5) is 0 Å². The Morgan fingerprint density at radius 1 is 1.53 bits per heavy atom. The number of thiophene rings is 1. The van der Waals surface area contributed by atoms with Crippen LogP contribution in [0.15, 0.2) is 12.1 Å². The average Bonchev–Trinajstić information content (AvgIpc) is 2.76. The molecule has 0 saturated carbocycles. The van der Waals surface area contributed by atoms with E-state index in [4.69, 9.17) is 5.11 Å². The van der Waals surface area contributed by atoms with Gasteiger partial charge in [0.2, 0.25) is 0 Å². The highest BCUT2D eigenvalue weighted by atomic mass is 32.1. The third-order valence-corrected chi connectivity index (χ3v) is 4.22. The first-order valence-electron chi connectivity index (χ1n) is 5.64. The van der Waals surface area contributed by atoms with Crippen LogP contribution < -0.4 is 5.32 Å². The smallest absolute Gasteiger partial charge is 0.306 e. The number of hydrogen-bond donors (Lipinski definition) is 2. The lowest BCUT2D eigenvalue weighted by Crippen LogP contribution is -2.40. The van der Waals surface area contributed by atoms with Gasteiger partial charge in [-0.25, -0.2) is 0 Å². The van der Waals surface area contributed by atoms with Crippen LogP contribution in [0.2, 0.25) is 0 Å². The van der Waals surface area contributed by atoms with Crippen molar-refractivity contribution in [2.24, 2.45) is 5.92 Å². The van der Waals surface area contributed by atoms with Crippen molar-refractivity contribution in [3.8, 4) is 0 Å². The van der Waals surface area contributed by atoms with Crippen molar-refractivity contribution in [3.63, 3.8) is 0 Å². The lowest BCUT2D eigenvalue weighted by Gasteiger charge is -2.32. The molecule has 3 atom stereocenters. The van der Waals surface area contributed by atoms with E-state index in [0.29, 0.717) is 17.7 Å². The summed E-state index contributed by atoms with van der Waals surface area (Å²) >= 11 is 1.43. The molecular weight excluding hydrogens is 238 g/mol. The van der Waals surface area contributed by atoms with Crippen molar-refractivity contribution in [2.75, 3.05) is 0 Å². The van der Waals surface area contributed by atoms with E-state index in [1.807, 2.05) is 13.0 Å². The molecule has 4 nitrogen and oxygen atoms in total. The summed E-state index contributed by atoms with van der Waals surface area (Å²) in [5, 5.41) is 12.5. The Morgan fingerprint density at radius 3 is 2.88 bits per heavy atom. The second-order valence-corrected chi connectivity index (χ2v) is 5.63. The number of carbonyl (C=O) groups excluding carboxylic acids is 1. The van der Waals surface area contributed by atoms with Crippen LogP contribution in [0.1, 0.15) is 40.4 Å². The third-order valence-electron chi connectivity index (χ3n) is 3.10. The van der Waals surface area contributed by atoms with Crippen molar-refractivity contribution in [1.82, 2.24) is 5.32 Å². The van der Waals surface area contributed by atoms with Gasteiger partial charge < -0.3 is 10.4 Å². The molecule has 17 heavy (non-hydrogen) atoms. The van der Waals surface area contributed by atoms with Gasteiger partial charge >= 0.3 is 5.97 Å². The van der Waals surface area contributed by atoms with Crippen molar-refractivity contribution in [3.05, 3.63) is 21.9 Å². The molecule has 0 bridgehead atoms. The van der Waals surface area contributed by atoms with Gasteiger partial charge in [0.1, 0.15) is 0 Å². The predicted octanol–water partition coefficient (Wildman–Crippen LogP) is 2.07. The van der Waals surface area contributed by atoms with E-state index in [0.717, 1.165) is 11.2 Å². The fourth-order valence-electron chi connectivity index (χ4n) is 2.31. The lowest BCUT2D eigenvalue weighted by molar-refractivity contribution is -0.143. The molecule has 1 fully saturated rings. The van der Waals surface area contributed by atoms with Crippen LogP contribution in [-0.2, 0) is 4.79 Å². The number of nitrogens with one attached hydrogen (secondary N) is 1. The molecule has 1 aliphatic heterocycles. The molecular formula is C12H15NO3S. The summed E-state index contributed by atoms with van der Waals surface area (Å²) in [6, 6.07) is 3.93. The van der Waals surface area contributed by atoms with E-state index in [9.17, 15) is 9.59 Å². The van der Waals surface area contributed by atoms with Gasteiger partial charge in [-0.2, -0.15) is 0 Å². The predicted molar refractivity (Wildman–Crippen MR) is 65.4 cm³/mol. The Hall–Kier alpha value is -1.20. The summed E-state index contributed by atoms with van der Waals surface area (Å²) < 4.78 is 0. The van der Waals surface area contributed by atoms with E-state index in [2.05, 4.69) is 5.32 Å². The van der Waals surface area contributed by atoms with Crippen molar-refractivity contribution < 1.29 is 14.7 Å². The number of hydrogen-bond acceptors (Lipinski definition) is 4. The standard InChI is InChI=1S/C12H15NO3S/c1-7-4-8(12(15)16)5-10(13-7)11-3-2-9(6-14)17-11/h2-3,6-8,10,13H,4-5H2,1H3,(H,15,16). The number of carbonyl (C=O) groups is 2. The minimum atomic E-state index is -0.726. The minimum absolute atomic E-state index is 0.0542. The van der Waals surface area contributed by atoms with Crippen molar-refractivity contribution in [2.45, 2.75) is 31.8 Å². The summed E-state index contributed by atoms with van der Waals surface area (Å²) in [6.45, 7) is 2.00. The van der Waals surface area contributed by atoms with Crippen LogP contribution >= 0.6 is 11.3 Å². The van der Waals surface area contributed by atoms with Gasteiger partial charge in [0, 0.05) is 17.0 Å². The van der Waals surface area contributed by atoms with Crippen LogP contribution in [0.3, 0.4) is 0 Å². The lowest BCUT2D eigenvalue weighted by atomic mass is 9.88. The Balaban J connectivity index is 2.14. The number of carboxylic acid groups (broad SMARTS) is 1. The number of aliphatic carboxylic acids is 1. The van der Waals surface area contributed by atoms with E-state index < -0.39 is 5.97 Å². The summed E-state index contributed by atoms with van der Waals surface area (Å²) in [6.07, 6.45) is 2.09. The van der Waals surface area contributed by atoms with Gasteiger partial charge in [-0.3, -0.25) is 9.59 Å². The number of carboxylic acids is 1. The first-order chi connectivity index (χ1) is 8.10. The molecule has 1 aliphatic rings. The van der Waals surface area contributed by atoms with E-state index >= 15 is 0 Å². The summed E-state index contributed by atoms with van der Waals surface area (Å²) in [5.74, 6) is -1.02. The summed E-state index contributed by atoms with van der Waals surface area (Å²) in [4.78, 5) is 23.4. The molecule has 1 aromatic rings. The first kappa shape index (κ1) is 12.3. The van der Waals surface area contributed by atoms with Crippen LogP contribution in [0, 0.1) is 5.92 Å². The third kappa shape index (κ3) is 2.73. The van der Waals surface area contributed by atoms with Crippen molar-refractivity contribution in [1.29, 1.82) is 0 Å². The highest BCUT2D eigenvalue weighted by Gasteiger charge is 2.31. The van der Waals surface area contributed by atoms with Gasteiger partial charge in [-0.05, 0) is 31.9 Å². The van der Waals surface area contributed by atoms with Crippen LogP contribution in [0.25, 0.3) is 0 Å². The maximum absolute atomic E-state index is 11.1. The molecule has 2 N–H and O–H groups in total. The first-order valence-corrected chi connectivity index (χ1v) is 6.45. The second kappa shape index (κ2) is 4.98. The molecule has 0 aromatic carbocycles. The zero-order valence-electron chi connectivity index (χ0n) is 9.55. The van der Waals surface area contributed by atoms with Gasteiger partial charge in [0.05, 0.1) is 10.8 Å². The largest absolute Gasteiger partial charge is 0.481 e. The minimum Gasteiger partial charge on any atom is -0.481 e. The highest BCUT2D eigenvalue weighted by Crippen LogP contribution is 2.33. The number of aldehydes is 1. The highest BCUT2D eigenvalue weighted by molar-refractivity contribution is 7.13. The molecule has 1 aromatic heterocycles. The zero-order valence-corrected chi connectivity index (χ0v) is 10.4. The maximum atomic E-state index is 11.1. The average molecular weight is 253 g/mol. The molecule has 0 radical (unpaired) electrons. The summed E-state index contributed by atoms with van der Waals surface area (Å²) in [5.41, 5.74) is 0. The number of piperidine rings is 1. The SMILES string of the molecule is CC1CC(C(=O)O)CC(c2ccc(C=O)s2)N1. The van der Waals surface area contributed by atoms with Gasteiger partial charge in [0.15, 0.2) is 6.29 Å². The molecule has 92 valence electrons. The second-order valence-electron chi connectivity index (χ2n) is 4.48. The quantitative estimate of drug-likeness (QED) is 0.809. The van der Waals surface area contributed by atoms with Gasteiger partial charge in [0.25, 0.3) is 0 Å². The fourth-order valence-corrected chi connectivity index (χ4v) is 3.20. The van der Waals surface area contributed by atoms with Crippen LogP contribution in [-0.4, -0.2) is 23.4 Å². The topological polar surface area (TPSA) is 66.4 Å². The van der Waals surface area contributed by atoms with E-state index in [1.54, 1.807) is 6.07 Å². The van der Waals surface area contributed by atoms with E-state index in [-0.39, 0.29) is 18.0 Å². The summed E-state index contributed by atoms with van der Waals surface area (Å²) in [7, 11) is 0. The Bertz CT molecular complexity index is 429. The van der Waals surface area contributed by atoms with Crippen LogP contribution in [0.5, 0.6) is 0 Å². The molecule has 2 heterocycles. The van der Waals surface area contributed by atoms with Gasteiger partial charge in [-0.1, -0.05) is 0 Å². The number of rotatable bonds is 3. The molecule has 0 spiro atoms. The Labute approximate surface area is 104 Å².